The zero-order valence-electron chi connectivity index (χ0n) is 15.1. The first-order chi connectivity index (χ1) is 11.1. The number of hydrogen-bond acceptors (Lipinski definition) is 5. The number of hydrogen-bond donors (Lipinski definition) is 0. The molecule has 0 atom stereocenters. The van der Waals surface area contributed by atoms with Gasteiger partial charge in [0.2, 0.25) is 0 Å². The SMILES string of the molecule is Cc1cc(B2OC(C)(C)C(C)(C)O2)cc([N+](=O)[O-])c1N1CCCC1. The molecule has 2 heterocycles. The molecule has 2 aliphatic rings. The minimum atomic E-state index is -0.583. The van der Waals surface area contributed by atoms with Crippen LogP contribution in [0, 0.1) is 17.0 Å². The van der Waals surface area contributed by atoms with Gasteiger partial charge in [-0.15, -0.1) is 0 Å². The number of nitro benzene ring substituents is 1. The second kappa shape index (κ2) is 5.74. The van der Waals surface area contributed by atoms with Crippen LogP contribution in [0.4, 0.5) is 11.4 Å². The van der Waals surface area contributed by atoms with Gasteiger partial charge in [-0.2, -0.15) is 0 Å². The van der Waals surface area contributed by atoms with Gasteiger partial charge in [0.25, 0.3) is 5.69 Å². The number of benzene rings is 1. The van der Waals surface area contributed by atoms with E-state index in [2.05, 4.69) is 4.90 Å². The summed E-state index contributed by atoms with van der Waals surface area (Å²) < 4.78 is 12.1. The Morgan fingerprint density at radius 1 is 1.12 bits per heavy atom. The van der Waals surface area contributed by atoms with Crippen molar-refractivity contribution in [2.24, 2.45) is 0 Å². The van der Waals surface area contributed by atoms with Crippen molar-refractivity contribution >= 4 is 24.0 Å². The van der Waals surface area contributed by atoms with Crippen molar-refractivity contribution in [1.82, 2.24) is 0 Å². The summed E-state index contributed by atoms with van der Waals surface area (Å²) >= 11 is 0. The highest BCUT2D eigenvalue weighted by molar-refractivity contribution is 6.62. The van der Waals surface area contributed by atoms with Gasteiger partial charge in [-0.25, -0.2) is 0 Å². The molecule has 0 aliphatic carbocycles. The van der Waals surface area contributed by atoms with Crippen molar-refractivity contribution in [3.63, 3.8) is 0 Å². The third-order valence-electron chi connectivity index (χ3n) is 5.45. The Balaban J connectivity index is 2.01. The van der Waals surface area contributed by atoms with Crippen LogP contribution < -0.4 is 10.4 Å². The van der Waals surface area contributed by atoms with E-state index < -0.39 is 18.3 Å². The minimum Gasteiger partial charge on any atom is -0.399 e. The average molecular weight is 332 g/mol. The van der Waals surface area contributed by atoms with Crippen LogP contribution in [0.3, 0.4) is 0 Å². The van der Waals surface area contributed by atoms with Gasteiger partial charge < -0.3 is 14.2 Å². The van der Waals surface area contributed by atoms with Crippen LogP contribution in [-0.2, 0) is 9.31 Å². The number of rotatable bonds is 3. The lowest BCUT2D eigenvalue weighted by atomic mass is 9.77. The largest absolute Gasteiger partial charge is 0.495 e. The molecule has 0 saturated carbocycles. The molecule has 0 unspecified atom stereocenters. The highest BCUT2D eigenvalue weighted by atomic mass is 16.7. The molecule has 0 aromatic heterocycles. The lowest BCUT2D eigenvalue weighted by Crippen LogP contribution is -2.41. The molecule has 1 aromatic rings. The highest BCUT2D eigenvalue weighted by Gasteiger charge is 2.52. The van der Waals surface area contributed by atoms with Crippen LogP contribution in [0.25, 0.3) is 0 Å². The standard InChI is InChI=1S/C17H25BN2O4/c1-12-10-13(18-23-16(2,3)17(4,5)24-18)11-14(20(21)22)15(12)19-8-6-7-9-19/h10-11H,6-9H2,1-5H3. The van der Waals surface area contributed by atoms with E-state index in [1.54, 1.807) is 6.07 Å². The van der Waals surface area contributed by atoms with Gasteiger partial charge in [0, 0.05) is 19.2 Å². The van der Waals surface area contributed by atoms with Crippen molar-refractivity contribution in [2.75, 3.05) is 18.0 Å². The van der Waals surface area contributed by atoms with Gasteiger partial charge in [0.05, 0.1) is 16.1 Å². The van der Waals surface area contributed by atoms with Gasteiger partial charge in [-0.1, -0.05) is 6.07 Å². The first-order valence-corrected chi connectivity index (χ1v) is 8.52. The Kier molecular flexibility index (Phi) is 4.12. The first kappa shape index (κ1) is 17.2. The molecule has 0 amide bonds. The van der Waals surface area contributed by atoms with E-state index in [9.17, 15) is 10.1 Å². The van der Waals surface area contributed by atoms with Crippen molar-refractivity contribution in [3.8, 4) is 0 Å². The normalized spacial score (nSPS) is 22.2. The predicted octanol–water partition coefficient (Wildman–Crippen LogP) is 2.80. The Hall–Kier alpha value is -1.60. The molecule has 0 N–H and O–H groups in total. The molecular formula is C17H25BN2O4. The quantitative estimate of drug-likeness (QED) is 0.484. The van der Waals surface area contributed by atoms with Crippen molar-refractivity contribution < 1.29 is 14.2 Å². The van der Waals surface area contributed by atoms with Crippen LogP contribution in [0.1, 0.15) is 46.1 Å². The van der Waals surface area contributed by atoms with Gasteiger partial charge in [0.1, 0.15) is 5.69 Å². The summed E-state index contributed by atoms with van der Waals surface area (Å²) in [4.78, 5) is 13.5. The summed E-state index contributed by atoms with van der Waals surface area (Å²) in [6.45, 7) is 11.6. The maximum Gasteiger partial charge on any atom is 0.495 e. The fourth-order valence-corrected chi connectivity index (χ4v) is 3.39. The van der Waals surface area contributed by atoms with E-state index >= 15 is 0 Å². The molecule has 3 rings (SSSR count). The Bertz CT molecular complexity index is 653. The molecule has 2 saturated heterocycles. The minimum absolute atomic E-state index is 0.140. The molecule has 1 aromatic carbocycles. The predicted molar refractivity (Wildman–Crippen MR) is 95.0 cm³/mol. The van der Waals surface area contributed by atoms with E-state index in [1.165, 1.54) is 0 Å². The Morgan fingerprint density at radius 3 is 2.17 bits per heavy atom. The summed E-state index contributed by atoms with van der Waals surface area (Å²) in [5.41, 5.74) is 1.55. The maximum atomic E-state index is 11.6. The van der Waals surface area contributed by atoms with Crippen molar-refractivity contribution in [3.05, 3.63) is 27.8 Å². The van der Waals surface area contributed by atoms with E-state index in [1.807, 2.05) is 40.7 Å². The van der Waals surface area contributed by atoms with E-state index in [0.29, 0.717) is 5.46 Å². The maximum absolute atomic E-state index is 11.6. The first-order valence-electron chi connectivity index (χ1n) is 8.52. The smallest absolute Gasteiger partial charge is 0.399 e. The van der Waals surface area contributed by atoms with E-state index in [-0.39, 0.29) is 10.6 Å². The fraction of sp³-hybridized carbons (Fsp3) is 0.647. The summed E-state index contributed by atoms with van der Waals surface area (Å²) in [6.07, 6.45) is 2.16. The summed E-state index contributed by atoms with van der Waals surface area (Å²) in [7, 11) is -0.583. The zero-order chi connectivity index (χ0) is 17.7. The number of nitro groups is 1. The molecule has 24 heavy (non-hydrogen) atoms. The second-order valence-corrected chi connectivity index (χ2v) is 7.75. The third-order valence-corrected chi connectivity index (χ3v) is 5.45. The molecule has 7 heteroatoms. The summed E-state index contributed by atoms with van der Waals surface area (Å²) in [6, 6.07) is 3.58. The number of aryl methyl sites for hydroxylation is 1. The Labute approximate surface area is 143 Å². The molecule has 130 valence electrons. The molecule has 6 nitrogen and oxygen atoms in total. The molecule has 2 aliphatic heterocycles. The topological polar surface area (TPSA) is 64.8 Å². The highest BCUT2D eigenvalue weighted by Crippen LogP contribution is 2.38. The average Bonchev–Trinajstić information content (AvgIpc) is 3.04. The zero-order valence-corrected chi connectivity index (χ0v) is 15.1. The van der Waals surface area contributed by atoms with Gasteiger partial charge in [-0.3, -0.25) is 10.1 Å². The van der Waals surface area contributed by atoms with Gasteiger partial charge >= 0.3 is 7.12 Å². The van der Waals surface area contributed by atoms with Crippen LogP contribution in [0.2, 0.25) is 0 Å². The van der Waals surface area contributed by atoms with E-state index in [0.717, 1.165) is 37.2 Å². The molecule has 0 radical (unpaired) electrons. The van der Waals surface area contributed by atoms with Gasteiger partial charge in [-0.05, 0) is 58.5 Å². The lowest BCUT2D eigenvalue weighted by Gasteiger charge is -2.32. The van der Waals surface area contributed by atoms with Crippen molar-refractivity contribution in [2.45, 2.75) is 58.7 Å². The van der Waals surface area contributed by atoms with E-state index in [4.69, 9.17) is 9.31 Å². The lowest BCUT2D eigenvalue weighted by molar-refractivity contribution is -0.384. The summed E-state index contributed by atoms with van der Waals surface area (Å²) in [5, 5.41) is 11.6. The molecule has 2 fully saturated rings. The number of anilines is 1. The Morgan fingerprint density at radius 2 is 1.67 bits per heavy atom. The van der Waals surface area contributed by atoms with Crippen molar-refractivity contribution in [1.29, 1.82) is 0 Å². The summed E-state index contributed by atoms with van der Waals surface area (Å²) in [5.74, 6) is 0. The molecule has 0 spiro atoms. The number of nitrogens with zero attached hydrogens (tertiary/aromatic N) is 2. The van der Waals surface area contributed by atoms with Crippen LogP contribution in [-0.4, -0.2) is 36.3 Å². The fourth-order valence-electron chi connectivity index (χ4n) is 3.39. The van der Waals surface area contributed by atoms with Crippen LogP contribution in [0.5, 0.6) is 0 Å². The second-order valence-electron chi connectivity index (χ2n) is 7.75. The molecule has 0 bridgehead atoms. The molecular weight excluding hydrogens is 307 g/mol. The van der Waals surface area contributed by atoms with Crippen LogP contribution >= 0.6 is 0 Å². The van der Waals surface area contributed by atoms with Crippen LogP contribution in [0.15, 0.2) is 12.1 Å². The van der Waals surface area contributed by atoms with Gasteiger partial charge in [0.15, 0.2) is 0 Å². The monoisotopic (exact) mass is 332 g/mol. The third kappa shape index (κ3) is 2.80.